The van der Waals surface area contributed by atoms with Gasteiger partial charge in [0.25, 0.3) is 0 Å². The van der Waals surface area contributed by atoms with E-state index >= 15 is 0 Å². The predicted molar refractivity (Wildman–Crippen MR) is 56.8 cm³/mol. The van der Waals surface area contributed by atoms with Gasteiger partial charge >= 0.3 is 0 Å². The fraction of sp³-hybridized carbons (Fsp3) is 0.333. The highest BCUT2D eigenvalue weighted by Gasteiger charge is 2.05. The van der Waals surface area contributed by atoms with Crippen molar-refractivity contribution < 1.29 is 9.84 Å². The van der Waals surface area contributed by atoms with Crippen molar-refractivity contribution in [1.82, 2.24) is 0 Å². The van der Waals surface area contributed by atoms with Gasteiger partial charge in [0.05, 0.1) is 13.2 Å². The zero-order chi connectivity index (χ0) is 8.97. The van der Waals surface area contributed by atoms with E-state index in [9.17, 15) is 5.11 Å². The van der Waals surface area contributed by atoms with Gasteiger partial charge in [-0.3, -0.25) is 0 Å². The summed E-state index contributed by atoms with van der Waals surface area (Å²) < 4.78 is 5.74. The maximum absolute atomic E-state index is 9.49. The van der Waals surface area contributed by atoms with Crippen LogP contribution in [0.5, 0.6) is 5.75 Å². The van der Waals surface area contributed by atoms with Gasteiger partial charge in [-0.2, -0.15) is 0 Å². The van der Waals surface area contributed by atoms with Crippen molar-refractivity contribution in [2.24, 2.45) is 0 Å². The molecule has 66 valence electrons. The third kappa shape index (κ3) is 2.35. The second kappa shape index (κ2) is 4.67. The molecule has 1 aromatic carbocycles. The number of hydrogen-bond acceptors (Lipinski definition) is 2. The smallest absolute Gasteiger partial charge is 0.119 e. The van der Waals surface area contributed by atoms with E-state index in [0.717, 1.165) is 11.3 Å². The molecule has 1 atom stereocenters. The molecule has 12 heavy (non-hydrogen) atoms. The Labute approximate surface area is 85.7 Å². The first kappa shape index (κ1) is 9.80. The molecule has 1 rings (SSSR count). The van der Waals surface area contributed by atoms with E-state index in [4.69, 9.17) is 4.74 Å². The van der Waals surface area contributed by atoms with Crippen LogP contribution in [0, 0.1) is 0 Å². The van der Waals surface area contributed by atoms with Crippen LogP contribution in [0.4, 0.5) is 0 Å². The minimum absolute atomic E-state index is 0.388. The molecule has 1 unspecified atom stereocenters. The summed E-state index contributed by atoms with van der Waals surface area (Å²) in [6.45, 7) is 0. The molecule has 0 spiro atoms. The average molecular weight is 278 g/mol. The van der Waals surface area contributed by atoms with Crippen LogP contribution < -0.4 is 4.74 Å². The number of methoxy groups -OCH3 is 1. The lowest BCUT2D eigenvalue weighted by Gasteiger charge is -2.08. The highest BCUT2D eigenvalue weighted by atomic mass is 127. The van der Waals surface area contributed by atoms with Gasteiger partial charge in [-0.1, -0.05) is 34.7 Å². The number of ether oxygens (including phenoxy) is 1. The normalized spacial score (nSPS) is 12.6. The van der Waals surface area contributed by atoms with Crippen LogP contribution >= 0.6 is 22.6 Å². The molecule has 0 saturated heterocycles. The third-order valence-electron chi connectivity index (χ3n) is 1.62. The summed E-state index contributed by atoms with van der Waals surface area (Å²) in [4.78, 5) is 0. The van der Waals surface area contributed by atoms with E-state index in [1.165, 1.54) is 0 Å². The number of aliphatic hydroxyl groups is 1. The van der Waals surface area contributed by atoms with E-state index < -0.39 is 0 Å². The van der Waals surface area contributed by atoms with Crippen LogP contribution in [0.3, 0.4) is 0 Å². The van der Waals surface area contributed by atoms with Crippen molar-refractivity contribution in [2.75, 3.05) is 11.5 Å². The van der Waals surface area contributed by atoms with Gasteiger partial charge in [-0.25, -0.2) is 0 Å². The molecule has 1 N–H and O–H groups in total. The summed E-state index contributed by atoms with van der Waals surface area (Å²) in [7, 11) is 1.62. The van der Waals surface area contributed by atoms with E-state index in [2.05, 4.69) is 22.6 Å². The van der Waals surface area contributed by atoms with Crippen molar-refractivity contribution in [1.29, 1.82) is 0 Å². The Morgan fingerprint density at radius 3 is 2.92 bits per heavy atom. The zero-order valence-electron chi connectivity index (χ0n) is 6.83. The van der Waals surface area contributed by atoms with Crippen molar-refractivity contribution in [3.8, 4) is 5.75 Å². The SMILES string of the molecule is COc1cccc(C(O)CI)c1. The molecule has 0 aromatic heterocycles. The Morgan fingerprint density at radius 2 is 2.33 bits per heavy atom. The second-order valence-corrected chi connectivity index (χ2v) is 3.33. The van der Waals surface area contributed by atoms with E-state index in [-0.39, 0.29) is 6.10 Å². The quantitative estimate of drug-likeness (QED) is 0.678. The minimum atomic E-state index is -0.388. The molecule has 0 amide bonds. The van der Waals surface area contributed by atoms with E-state index in [1.807, 2.05) is 24.3 Å². The molecule has 0 fully saturated rings. The van der Waals surface area contributed by atoms with Gasteiger partial charge in [-0.05, 0) is 17.7 Å². The van der Waals surface area contributed by atoms with Crippen LogP contribution in [-0.4, -0.2) is 16.6 Å². The van der Waals surface area contributed by atoms with Gasteiger partial charge in [0.1, 0.15) is 5.75 Å². The van der Waals surface area contributed by atoms with E-state index in [1.54, 1.807) is 7.11 Å². The fourth-order valence-electron chi connectivity index (χ4n) is 0.938. The highest BCUT2D eigenvalue weighted by molar-refractivity contribution is 14.1. The third-order valence-corrected chi connectivity index (χ3v) is 2.46. The largest absolute Gasteiger partial charge is 0.497 e. The molecule has 0 aliphatic carbocycles. The molecular formula is C9H11IO2. The molecule has 0 radical (unpaired) electrons. The lowest BCUT2D eigenvalue weighted by atomic mass is 10.1. The zero-order valence-corrected chi connectivity index (χ0v) is 8.98. The van der Waals surface area contributed by atoms with Crippen LogP contribution in [-0.2, 0) is 0 Å². The average Bonchev–Trinajstić information content (AvgIpc) is 2.17. The Kier molecular flexibility index (Phi) is 3.81. The van der Waals surface area contributed by atoms with Gasteiger partial charge in [0, 0.05) is 4.43 Å². The first-order valence-electron chi connectivity index (χ1n) is 3.66. The number of aliphatic hydroxyl groups excluding tert-OH is 1. The van der Waals surface area contributed by atoms with Gasteiger partial charge in [-0.15, -0.1) is 0 Å². The monoisotopic (exact) mass is 278 g/mol. The van der Waals surface area contributed by atoms with Gasteiger partial charge in [0.15, 0.2) is 0 Å². The molecule has 0 saturated carbocycles. The maximum Gasteiger partial charge on any atom is 0.119 e. The van der Waals surface area contributed by atoms with Crippen molar-refractivity contribution in [3.05, 3.63) is 29.8 Å². The second-order valence-electron chi connectivity index (χ2n) is 2.45. The van der Waals surface area contributed by atoms with Gasteiger partial charge < -0.3 is 9.84 Å². The summed E-state index contributed by atoms with van der Waals surface area (Å²) in [6, 6.07) is 7.49. The highest BCUT2D eigenvalue weighted by Crippen LogP contribution is 2.20. The first-order valence-corrected chi connectivity index (χ1v) is 5.18. The number of hydrogen-bond donors (Lipinski definition) is 1. The summed E-state index contributed by atoms with van der Waals surface area (Å²) in [5.41, 5.74) is 0.906. The van der Waals surface area contributed by atoms with Crippen LogP contribution in [0.2, 0.25) is 0 Å². The van der Waals surface area contributed by atoms with Crippen molar-refractivity contribution in [2.45, 2.75) is 6.10 Å². The van der Waals surface area contributed by atoms with Crippen molar-refractivity contribution in [3.63, 3.8) is 0 Å². The molecule has 0 heterocycles. The fourth-order valence-corrected chi connectivity index (χ4v) is 1.45. The lowest BCUT2D eigenvalue weighted by Crippen LogP contribution is -1.97. The predicted octanol–water partition coefficient (Wildman–Crippen LogP) is 2.16. The minimum Gasteiger partial charge on any atom is -0.497 e. The number of rotatable bonds is 3. The summed E-state index contributed by atoms with van der Waals surface area (Å²) in [6.07, 6.45) is -0.388. The molecule has 0 bridgehead atoms. The molecule has 0 aliphatic heterocycles. The molecule has 3 heteroatoms. The van der Waals surface area contributed by atoms with Gasteiger partial charge in [0.2, 0.25) is 0 Å². The number of alkyl halides is 1. The molecule has 0 aliphatic rings. The summed E-state index contributed by atoms with van der Waals surface area (Å²) in [5.74, 6) is 0.788. The molecular weight excluding hydrogens is 267 g/mol. The summed E-state index contributed by atoms with van der Waals surface area (Å²) in [5, 5.41) is 9.49. The van der Waals surface area contributed by atoms with Crippen molar-refractivity contribution >= 4 is 22.6 Å². The topological polar surface area (TPSA) is 29.5 Å². The standard InChI is InChI=1S/C9H11IO2/c1-12-8-4-2-3-7(5-8)9(11)6-10/h2-5,9,11H,6H2,1H3. The molecule has 2 nitrogen and oxygen atoms in total. The Morgan fingerprint density at radius 1 is 1.58 bits per heavy atom. The number of benzene rings is 1. The number of halogens is 1. The van der Waals surface area contributed by atoms with Crippen LogP contribution in [0.25, 0.3) is 0 Å². The lowest BCUT2D eigenvalue weighted by molar-refractivity contribution is 0.206. The van der Waals surface area contributed by atoms with Crippen LogP contribution in [0.1, 0.15) is 11.7 Å². The Bertz CT molecular complexity index is 250. The summed E-state index contributed by atoms with van der Waals surface area (Å²) >= 11 is 2.15. The van der Waals surface area contributed by atoms with Crippen LogP contribution in [0.15, 0.2) is 24.3 Å². The maximum atomic E-state index is 9.49. The Hall–Kier alpha value is -0.290. The van der Waals surface area contributed by atoms with E-state index in [0.29, 0.717) is 4.43 Å². The Balaban J connectivity index is 2.86. The first-order chi connectivity index (χ1) is 5.77. The molecule has 1 aromatic rings.